The van der Waals surface area contributed by atoms with Gasteiger partial charge in [-0.25, -0.2) is 0 Å². The zero-order valence-electron chi connectivity index (χ0n) is 13.0. The Hall–Kier alpha value is -1.71. The molecular formula is C18H24N2O. The van der Waals surface area contributed by atoms with E-state index in [1.54, 1.807) is 6.20 Å². The lowest BCUT2D eigenvalue weighted by Gasteiger charge is -2.21. The predicted molar refractivity (Wildman–Crippen MR) is 86.0 cm³/mol. The minimum absolute atomic E-state index is 0.0306. The monoisotopic (exact) mass is 284 g/mol. The first kappa shape index (κ1) is 15.7. The average molecular weight is 284 g/mol. The van der Waals surface area contributed by atoms with E-state index in [-0.39, 0.29) is 6.04 Å². The number of rotatable bonds is 6. The number of aliphatic hydroxyl groups is 1. The van der Waals surface area contributed by atoms with Crippen LogP contribution in [0.3, 0.4) is 0 Å². The first-order valence-corrected chi connectivity index (χ1v) is 7.49. The van der Waals surface area contributed by atoms with E-state index >= 15 is 0 Å². The average Bonchev–Trinajstić information content (AvgIpc) is 2.53. The summed E-state index contributed by atoms with van der Waals surface area (Å²) >= 11 is 0. The van der Waals surface area contributed by atoms with Crippen molar-refractivity contribution < 1.29 is 5.11 Å². The van der Waals surface area contributed by atoms with Gasteiger partial charge in [-0.1, -0.05) is 44.2 Å². The number of hydrogen-bond acceptors (Lipinski definition) is 3. The van der Waals surface area contributed by atoms with Crippen molar-refractivity contribution in [3.05, 3.63) is 65.5 Å². The van der Waals surface area contributed by atoms with Gasteiger partial charge < -0.3 is 10.4 Å². The fourth-order valence-corrected chi connectivity index (χ4v) is 2.25. The maximum atomic E-state index is 10.4. The molecule has 0 saturated heterocycles. The number of aliphatic hydroxyl groups excluding tert-OH is 1. The van der Waals surface area contributed by atoms with Crippen LogP contribution in [0.25, 0.3) is 0 Å². The lowest BCUT2D eigenvalue weighted by Crippen LogP contribution is -2.32. The molecule has 3 nitrogen and oxygen atoms in total. The summed E-state index contributed by atoms with van der Waals surface area (Å²) in [4.78, 5) is 4.27. The molecule has 21 heavy (non-hydrogen) atoms. The summed E-state index contributed by atoms with van der Waals surface area (Å²) in [5.74, 6) is 0.510. The molecule has 2 N–H and O–H groups in total. The van der Waals surface area contributed by atoms with E-state index < -0.39 is 6.10 Å². The van der Waals surface area contributed by atoms with Crippen LogP contribution >= 0.6 is 0 Å². The maximum Gasteiger partial charge on any atom is 0.0940 e. The SMILES string of the molecule is CC(C)c1ccc(C(O)C(C)NCc2ccccn2)cc1. The number of aromatic nitrogens is 1. The minimum Gasteiger partial charge on any atom is -0.387 e. The van der Waals surface area contributed by atoms with Crippen LogP contribution < -0.4 is 5.32 Å². The van der Waals surface area contributed by atoms with Gasteiger partial charge in [-0.3, -0.25) is 4.98 Å². The van der Waals surface area contributed by atoms with Crippen LogP contribution in [0.4, 0.5) is 0 Å². The molecule has 0 amide bonds. The Morgan fingerprint density at radius 1 is 1.00 bits per heavy atom. The van der Waals surface area contributed by atoms with Gasteiger partial charge in [0, 0.05) is 18.8 Å². The van der Waals surface area contributed by atoms with Crippen molar-refractivity contribution in [3.63, 3.8) is 0 Å². The van der Waals surface area contributed by atoms with E-state index in [1.165, 1.54) is 5.56 Å². The second kappa shape index (κ2) is 7.34. The Kier molecular flexibility index (Phi) is 5.48. The Bertz CT molecular complexity index is 537. The molecule has 2 atom stereocenters. The molecule has 1 aromatic carbocycles. The third kappa shape index (κ3) is 4.38. The van der Waals surface area contributed by atoms with Crippen molar-refractivity contribution in [2.45, 2.75) is 45.4 Å². The van der Waals surface area contributed by atoms with Gasteiger partial charge in [0.1, 0.15) is 0 Å². The van der Waals surface area contributed by atoms with E-state index in [1.807, 2.05) is 37.3 Å². The van der Waals surface area contributed by atoms with Crippen LogP contribution in [0.5, 0.6) is 0 Å². The van der Waals surface area contributed by atoms with Crippen molar-refractivity contribution in [2.24, 2.45) is 0 Å². The number of nitrogens with one attached hydrogen (secondary N) is 1. The quantitative estimate of drug-likeness (QED) is 0.854. The van der Waals surface area contributed by atoms with E-state index in [4.69, 9.17) is 0 Å². The molecule has 0 aliphatic rings. The van der Waals surface area contributed by atoms with Gasteiger partial charge in [0.25, 0.3) is 0 Å². The molecule has 3 heteroatoms. The minimum atomic E-state index is -0.519. The maximum absolute atomic E-state index is 10.4. The molecule has 0 spiro atoms. The summed E-state index contributed by atoms with van der Waals surface area (Å²) in [6.07, 6.45) is 1.26. The highest BCUT2D eigenvalue weighted by atomic mass is 16.3. The molecule has 0 fully saturated rings. The standard InChI is InChI=1S/C18H24N2O/c1-13(2)15-7-9-16(10-8-15)18(21)14(3)20-12-17-6-4-5-11-19-17/h4-11,13-14,18,20-21H,12H2,1-3H3. The van der Waals surface area contributed by atoms with Gasteiger partial charge >= 0.3 is 0 Å². The summed E-state index contributed by atoms with van der Waals surface area (Å²) in [5.41, 5.74) is 3.21. The Labute approximate surface area is 127 Å². The normalized spacial score (nSPS) is 14.1. The number of hydrogen-bond donors (Lipinski definition) is 2. The summed E-state index contributed by atoms with van der Waals surface area (Å²) in [7, 11) is 0. The summed E-state index contributed by atoms with van der Waals surface area (Å²) in [6, 6.07) is 14.0. The highest BCUT2D eigenvalue weighted by molar-refractivity contribution is 5.26. The summed E-state index contributed by atoms with van der Waals surface area (Å²) < 4.78 is 0. The molecule has 0 aliphatic carbocycles. The van der Waals surface area contributed by atoms with Crippen molar-refractivity contribution in [1.82, 2.24) is 10.3 Å². The molecule has 1 heterocycles. The van der Waals surface area contributed by atoms with Crippen molar-refractivity contribution in [3.8, 4) is 0 Å². The smallest absolute Gasteiger partial charge is 0.0940 e. The third-order valence-electron chi connectivity index (χ3n) is 3.75. The van der Waals surface area contributed by atoms with Crippen LogP contribution in [-0.2, 0) is 6.54 Å². The summed E-state index contributed by atoms with van der Waals surface area (Å²) in [5, 5.41) is 13.7. The topological polar surface area (TPSA) is 45.1 Å². The second-order valence-corrected chi connectivity index (χ2v) is 5.76. The van der Waals surface area contributed by atoms with E-state index in [0.717, 1.165) is 11.3 Å². The highest BCUT2D eigenvalue weighted by Gasteiger charge is 2.16. The van der Waals surface area contributed by atoms with Crippen molar-refractivity contribution in [2.75, 3.05) is 0 Å². The Balaban J connectivity index is 1.93. The molecular weight excluding hydrogens is 260 g/mol. The van der Waals surface area contributed by atoms with Crippen LogP contribution in [-0.4, -0.2) is 16.1 Å². The fraction of sp³-hybridized carbons (Fsp3) is 0.389. The van der Waals surface area contributed by atoms with Gasteiger partial charge in [-0.05, 0) is 36.1 Å². The molecule has 1 aromatic heterocycles. The fourth-order valence-electron chi connectivity index (χ4n) is 2.25. The van der Waals surface area contributed by atoms with Gasteiger partial charge in [0.05, 0.1) is 11.8 Å². The number of benzene rings is 1. The van der Waals surface area contributed by atoms with Crippen molar-refractivity contribution in [1.29, 1.82) is 0 Å². The zero-order valence-corrected chi connectivity index (χ0v) is 13.0. The van der Waals surface area contributed by atoms with Crippen LogP contribution in [0.1, 0.15) is 49.6 Å². The molecule has 2 aromatic rings. The van der Waals surface area contributed by atoms with Crippen LogP contribution in [0.2, 0.25) is 0 Å². The van der Waals surface area contributed by atoms with Crippen molar-refractivity contribution >= 4 is 0 Å². The predicted octanol–water partition coefficient (Wildman–Crippen LogP) is 3.42. The molecule has 0 aliphatic heterocycles. The summed E-state index contributed by atoms with van der Waals surface area (Å²) in [6.45, 7) is 6.98. The number of pyridine rings is 1. The van der Waals surface area contributed by atoms with Gasteiger partial charge in [0.2, 0.25) is 0 Å². The Morgan fingerprint density at radius 3 is 2.24 bits per heavy atom. The van der Waals surface area contributed by atoms with Gasteiger partial charge in [-0.15, -0.1) is 0 Å². The zero-order chi connectivity index (χ0) is 15.2. The number of nitrogens with zero attached hydrogens (tertiary/aromatic N) is 1. The second-order valence-electron chi connectivity index (χ2n) is 5.76. The van der Waals surface area contributed by atoms with Gasteiger partial charge in [0.15, 0.2) is 0 Å². The first-order valence-electron chi connectivity index (χ1n) is 7.49. The molecule has 112 valence electrons. The van der Waals surface area contributed by atoms with E-state index in [0.29, 0.717) is 12.5 Å². The molecule has 2 rings (SSSR count). The third-order valence-corrected chi connectivity index (χ3v) is 3.75. The lowest BCUT2D eigenvalue weighted by atomic mass is 9.98. The molecule has 0 saturated carbocycles. The van der Waals surface area contributed by atoms with Crippen LogP contribution in [0, 0.1) is 0 Å². The largest absolute Gasteiger partial charge is 0.387 e. The van der Waals surface area contributed by atoms with Crippen LogP contribution in [0.15, 0.2) is 48.7 Å². The lowest BCUT2D eigenvalue weighted by molar-refractivity contribution is 0.135. The molecule has 2 unspecified atom stereocenters. The van der Waals surface area contributed by atoms with E-state index in [2.05, 4.69) is 36.3 Å². The molecule has 0 bridgehead atoms. The first-order chi connectivity index (χ1) is 10.1. The highest BCUT2D eigenvalue weighted by Crippen LogP contribution is 2.21. The van der Waals surface area contributed by atoms with Gasteiger partial charge in [-0.2, -0.15) is 0 Å². The molecule has 0 radical (unpaired) electrons. The van der Waals surface area contributed by atoms with E-state index in [9.17, 15) is 5.11 Å². The Morgan fingerprint density at radius 2 is 1.67 bits per heavy atom.